The second kappa shape index (κ2) is 4.47. The van der Waals surface area contributed by atoms with Gasteiger partial charge in [-0.2, -0.15) is 0 Å². The number of rotatable bonds is 3. The molecule has 1 aromatic carbocycles. The highest BCUT2D eigenvalue weighted by Crippen LogP contribution is 2.33. The number of hydrogen-bond acceptors (Lipinski definition) is 2. The zero-order valence-corrected chi connectivity index (χ0v) is 11.0. The van der Waals surface area contributed by atoms with Crippen molar-refractivity contribution in [1.29, 1.82) is 0 Å². The average Bonchev–Trinajstić information content (AvgIpc) is 2.57. The summed E-state index contributed by atoms with van der Waals surface area (Å²) in [6.45, 7) is 4.61. The molecule has 86 valence electrons. The molecule has 0 saturated heterocycles. The van der Waals surface area contributed by atoms with E-state index in [2.05, 4.69) is 20.9 Å². The van der Waals surface area contributed by atoms with Gasteiger partial charge in [0.25, 0.3) is 0 Å². The van der Waals surface area contributed by atoms with Crippen LogP contribution in [0.15, 0.2) is 22.7 Å². The predicted molar refractivity (Wildman–Crippen MR) is 69.8 cm³/mol. The maximum Gasteiger partial charge on any atom is 0.120 e. The summed E-state index contributed by atoms with van der Waals surface area (Å²) in [6.07, 6.45) is 0. The molecule has 0 radical (unpaired) electrons. The summed E-state index contributed by atoms with van der Waals surface area (Å²) >= 11 is 3.57. The van der Waals surface area contributed by atoms with E-state index in [4.69, 9.17) is 10.5 Å². The number of nitrogens with one attached hydrogen (secondary N) is 1. The van der Waals surface area contributed by atoms with E-state index in [1.807, 2.05) is 32.0 Å². The molecule has 0 aliphatic carbocycles. The van der Waals surface area contributed by atoms with E-state index in [9.17, 15) is 0 Å². The maximum absolute atomic E-state index is 5.88. The van der Waals surface area contributed by atoms with Gasteiger partial charge in [-0.05, 0) is 48.0 Å². The Morgan fingerprint density at radius 2 is 2.25 bits per heavy atom. The standard InChI is InChI=1S/C12H15BrN2O/c1-3-16-8-4-5-10-9(6-8)11(13)12(15-10)7(2)14/h4-7,15H,3,14H2,1-2H3. The van der Waals surface area contributed by atoms with Crippen molar-refractivity contribution in [2.45, 2.75) is 19.9 Å². The van der Waals surface area contributed by atoms with Crippen LogP contribution in [0.2, 0.25) is 0 Å². The second-order valence-electron chi connectivity index (χ2n) is 3.78. The SMILES string of the molecule is CCOc1ccc2[nH]c(C(C)N)c(Br)c2c1. The van der Waals surface area contributed by atoms with E-state index in [1.165, 1.54) is 0 Å². The summed E-state index contributed by atoms with van der Waals surface area (Å²) < 4.78 is 6.50. The predicted octanol–water partition coefficient (Wildman–Crippen LogP) is 3.35. The molecule has 4 heteroatoms. The molecule has 0 saturated carbocycles. The van der Waals surface area contributed by atoms with Gasteiger partial charge < -0.3 is 15.5 Å². The number of aromatic nitrogens is 1. The Bertz CT molecular complexity index is 505. The second-order valence-corrected chi connectivity index (χ2v) is 4.57. The molecule has 2 aromatic rings. The van der Waals surface area contributed by atoms with Gasteiger partial charge in [-0.3, -0.25) is 0 Å². The van der Waals surface area contributed by atoms with Crippen LogP contribution in [0, 0.1) is 0 Å². The highest BCUT2D eigenvalue weighted by molar-refractivity contribution is 9.10. The van der Waals surface area contributed by atoms with Gasteiger partial charge in [-0.25, -0.2) is 0 Å². The summed E-state index contributed by atoms with van der Waals surface area (Å²) in [6, 6.07) is 5.97. The third-order valence-electron chi connectivity index (χ3n) is 2.50. The Hall–Kier alpha value is -1.00. The Kier molecular flexibility index (Phi) is 3.21. The molecule has 1 heterocycles. The van der Waals surface area contributed by atoms with Crippen molar-refractivity contribution in [3.63, 3.8) is 0 Å². The first kappa shape index (κ1) is 11.5. The van der Waals surface area contributed by atoms with Crippen LogP contribution in [0.3, 0.4) is 0 Å². The van der Waals surface area contributed by atoms with E-state index >= 15 is 0 Å². The number of nitrogens with two attached hydrogens (primary N) is 1. The van der Waals surface area contributed by atoms with Gasteiger partial charge >= 0.3 is 0 Å². The van der Waals surface area contributed by atoms with Crippen LogP contribution in [0.4, 0.5) is 0 Å². The molecule has 2 rings (SSSR count). The lowest BCUT2D eigenvalue weighted by Gasteiger charge is -2.02. The third kappa shape index (κ3) is 1.95. The van der Waals surface area contributed by atoms with Gasteiger partial charge in [-0.1, -0.05) is 0 Å². The van der Waals surface area contributed by atoms with Gasteiger partial charge in [0.1, 0.15) is 5.75 Å². The van der Waals surface area contributed by atoms with Gasteiger partial charge in [0.05, 0.1) is 6.61 Å². The van der Waals surface area contributed by atoms with Crippen LogP contribution in [0.25, 0.3) is 10.9 Å². The fourth-order valence-electron chi connectivity index (χ4n) is 1.73. The minimum Gasteiger partial charge on any atom is -0.494 e. The topological polar surface area (TPSA) is 51.0 Å². The lowest BCUT2D eigenvalue weighted by Crippen LogP contribution is -2.05. The molecule has 1 aromatic heterocycles. The third-order valence-corrected chi connectivity index (χ3v) is 3.35. The monoisotopic (exact) mass is 282 g/mol. The molecule has 3 nitrogen and oxygen atoms in total. The Morgan fingerprint density at radius 3 is 2.88 bits per heavy atom. The maximum atomic E-state index is 5.88. The number of ether oxygens (including phenoxy) is 1. The van der Waals surface area contributed by atoms with Crippen molar-refractivity contribution >= 4 is 26.8 Å². The average molecular weight is 283 g/mol. The van der Waals surface area contributed by atoms with Crippen molar-refractivity contribution in [2.24, 2.45) is 5.73 Å². The minimum atomic E-state index is -0.0164. The van der Waals surface area contributed by atoms with Crippen LogP contribution in [-0.2, 0) is 0 Å². The van der Waals surface area contributed by atoms with Gasteiger partial charge in [-0.15, -0.1) is 0 Å². The zero-order valence-electron chi connectivity index (χ0n) is 9.38. The molecule has 0 bridgehead atoms. The first-order chi connectivity index (χ1) is 7.63. The quantitative estimate of drug-likeness (QED) is 0.907. The number of benzene rings is 1. The van der Waals surface area contributed by atoms with Crippen LogP contribution < -0.4 is 10.5 Å². The molecule has 1 atom stereocenters. The van der Waals surface area contributed by atoms with Crippen molar-refractivity contribution in [3.8, 4) is 5.75 Å². The molecule has 3 N–H and O–H groups in total. The van der Waals surface area contributed by atoms with Crippen molar-refractivity contribution < 1.29 is 4.74 Å². The van der Waals surface area contributed by atoms with Crippen molar-refractivity contribution in [3.05, 3.63) is 28.4 Å². The Balaban J connectivity index is 2.55. The van der Waals surface area contributed by atoms with Crippen LogP contribution in [0.5, 0.6) is 5.75 Å². The number of halogens is 1. The molecule has 0 spiro atoms. The van der Waals surface area contributed by atoms with Gasteiger partial charge in [0.2, 0.25) is 0 Å². The Morgan fingerprint density at radius 1 is 1.50 bits per heavy atom. The molecule has 0 aliphatic rings. The van der Waals surface area contributed by atoms with Crippen LogP contribution in [0.1, 0.15) is 25.6 Å². The molecule has 0 fully saturated rings. The zero-order chi connectivity index (χ0) is 11.7. The minimum absolute atomic E-state index is 0.0164. The van der Waals surface area contributed by atoms with Crippen LogP contribution in [-0.4, -0.2) is 11.6 Å². The summed E-state index contributed by atoms with van der Waals surface area (Å²) in [7, 11) is 0. The number of aromatic amines is 1. The first-order valence-electron chi connectivity index (χ1n) is 5.33. The number of hydrogen-bond donors (Lipinski definition) is 2. The highest BCUT2D eigenvalue weighted by atomic mass is 79.9. The number of fused-ring (bicyclic) bond motifs is 1. The largest absolute Gasteiger partial charge is 0.494 e. The summed E-state index contributed by atoms with van der Waals surface area (Å²) in [4.78, 5) is 3.31. The van der Waals surface area contributed by atoms with Crippen molar-refractivity contribution in [1.82, 2.24) is 4.98 Å². The van der Waals surface area contributed by atoms with Crippen LogP contribution >= 0.6 is 15.9 Å². The highest BCUT2D eigenvalue weighted by Gasteiger charge is 2.12. The molecule has 16 heavy (non-hydrogen) atoms. The molecule has 1 unspecified atom stereocenters. The van der Waals surface area contributed by atoms with E-state index in [0.29, 0.717) is 6.61 Å². The fourth-order valence-corrected chi connectivity index (χ4v) is 2.52. The molecular weight excluding hydrogens is 268 g/mol. The molecule has 0 aliphatic heterocycles. The fraction of sp³-hybridized carbons (Fsp3) is 0.333. The van der Waals surface area contributed by atoms with E-state index < -0.39 is 0 Å². The smallest absolute Gasteiger partial charge is 0.120 e. The summed E-state index contributed by atoms with van der Waals surface area (Å²) in [5.74, 6) is 0.880. The summed E-state index contributed by atoms with van der Waals surface area (Å²) in [5, 5.41) is 1.11. The van der Waals surface area contributed by atoms with Gasteiger partial charge in [0.15, 0.2) is 0 Å². The van der Waals surface area contributed by atoms with Crippen molar-refractivity contribution in [2.75, 3.05) is 6.61 Å². The van der Waals surface area contributed by atoms with E-state index in [0.717, 1.165) is 26.8 Å². The first-order valence-corrected chi connectivity index (χ1v) is 6.12. The normalized spacial score (nSPS) is 13.0. The Labute approximate surface area is 103 Å². The van der Waals surface area contributed by atoms with Gasteiger partial charge in [0, 0.05) is 27.1 Å². The number of H-pyrrole nitrogens is 1. The summed E-state index contributed by atoms with van der Waals surface area (Å²) in [5.41, 5.74) is 7.97. The molecule has 0 amide bonds. The molecular formula is C12H15BrN2O. The van der Waals surface area contributed by atoms with E-state index in [1.54, 1.807) is 0 Å². The lowest BCUT2D eigenvalue weighted by atomic mass is 10.2. The van der Waals surface area contributed by atoms with E-state index in [-0.39, 0.29) is 6.04 Å². The lowest BCUT2D eigenvalue weighted by molar-refractivity contribution is 0.340.